The van der Waals surface area contributed by atoms with Gasteiger partial charge in [-0.05, 0) is 31.5 Å². The molecule has 0 atom stereocenters. The van der Waals surface area contributed by atoms with Gasteiger partial charge < -0.3 is 10.2 Å². The van der Waals surface area contributed by atoms with Gasteiger partial charge >= 0.3 is 6.18 Å². The highest BCUT2D eigenvalue weighted by molar-refractivity contribution is 9.10. The quantitative estimate of drug-likeness (QED) is 0.783. The highest BCUT2D eigenvalue weighted by Crippen LogP contribution is 2.30. The molecule has 1 N–H and O–H groups in total. The number of hydrogen-bond acceptors (Lipinski definition) is 2. The van der Waals surface area contributed by atoms with Crippen molar-refractivity contribution in [3.63, 3.8) is 0 Å². The molecule has 0 spiro atoms. The van der Waals surface area contributed by atoms with Crippen molar-refractivity contribution in [2.24, 2.45) is 0 Å². The van der Waals surface area contributed by atoms with Crippen molar-refractivity contribution < 1.29 is 13.2 Å². The Bertz CT molecular complexity index is 459. The molecule has 0 saturated heterocycles. The fourth-order valence-electron chi connectivity index (χ4n) is 2.01. The average molecular weight is 367 g/mol. The Morgan fingerprint density at radius 1 is 1.19 bits per heavy atom. The molecule has 0 heterocycles. The van der Waals surface area contributed by atoms with Gasteiger partial charge in [-0.3, -0.25) is 0 Å². The number of anilines is 1. The maximum Gasteiger partial charge on any atom is 0.405 e. The molecule has 0 aliphatic carbocycles. The molecule has 2 nitrogen and oxygen atoms in total. The summed E-state index contributed by atoms with van der Waals surface area (Å²) < 4.78 is 39.3. The summed E-state index contributed by atoms with van der Waals surface area (Å²) in [7, 11) is 0. The highest BCUT2D eigenvalue weighted by atomic mass is 79.9. The van der Waals surface area contributed by atoms with Crippen molar-refractivity contribution in [1.29, 1.82) is 0 Å². The summed E-state index contributed by atoms with van der Waals surface area (Å²) in [6.07, 6.45) is -4.23. The van der Waals surface area contributed by atoms with Crippen LogP contribution in [0.15, 0.2) is 22.7 Å². The van der Waals surface area contributed by atoms with Crippen LogP contribution in [0.4, 0.5) is 18.9 Å². The summed E-state index contributed by atoms with van der Waals surface area (Å²) in [6, 6.07) is 5.51. The summed E-state index contributed by atoms with van der Waals surface area (Å²) in [5.41, 5.74) is 1.48. The minimum Gasteiger partial charge on any atom is -0.360 e. The minimum absolute atomic E-state index is 0.237. The van der Waals surface area contributed by atoms with Crippen molar-refractivity contribution in [3.8, 4) is 0 Å². The molecule has 0 aliphatic heterocycles. The SMILES string of the molecule is CC(C)NCc1ccc(Br)cc1N(CC(F)(F)F)C(C)C. The van der Waals surface area contributed by atoms with Gasteiger partial charge in [0.15, 0.2) is 0 Å². The monoisotopic (exact) mass is 366 g/mol. The third-order valence-electron chi connectivity index (χ3n) is 3.03. The first-order chi connectivity index (χ1) is 9.60. The third kappa shape index (κ3) is 6.26. The zero-order chi connectivity index (χ0) is 16.2. The smallest absolute Gasteiger partial charge is 0.360 e. The minimum atomic E-state index is -4.23. The molecule has 0 aromatic heterocycles. The van der Waals surface area contributed by atoms with E-state index in [2.05, 4.69) is 21.2 Å². The van der Waals surface area contributed by atoms with E-state index in [0.29, 0.717) is 12.2 Å². The van der Waals surface area contributed by atoms with Crippen LogP contribution in [0, 0.1) is 0 Å². The second-order valence-electron chi connectivity index (χ2n) is 5.65. The zero-order valence-electron chi connectivity index (χ0n) is 12.8. The van der Waals surface area contributed by atoms with E-state index in [4.69, 9.17) is 0 Å². The molecule has 0 radical (unpaired) electrons. The molecule has 1 aromatic carbocycles. The van der Waals surface area contributed by atoms with Crippen molar-refractivity contribution in [3.05, 3.63) is 28.2 Å². The van der Waals surface area contributed by atoms with E-state index < -0.39 is 12.7 Å². The predicted octanol–water partition coefficient (Wildman–Crippen LogP) is 4.72. The van der Waals surface area contributed by atoms with E-state index in [1.54, 1.807) is 19.9 Å². The van der Waals surface area contributed by atoms with Crippen LogP contribution in [-0.4, -0.2) is 24.8 Å². The van der Waals surface area contributed by atoms with Crippen molar-refractivity contribution in [2.75, 3.05) is 11.4 Å². The van der Waals surface area contributed by atoms with Gasteiger partial charge in [0, 0.05) is 28.8 Å². The normalized spacial score (nSPS) is 12.3. The van der Waals surface area contributed by atoms with E-state index in [-0.39, 0.29) is 12.1 Å². The number of nitrogens with one attached hydrogen (secondary N) is 1. The Hall–Kier alpha value is -0.750. The topological polar surface area (TPSA) is 15.3 Å². The standard InChI is InChI=1S/C15H22BrF3N2/c1-10(2)20-8-12-5-6-13(16)7-14(12)21(11(3)4)9-15(17,18)19/h5-7,10-11,20H,8-9H2,1-4H3. The number of nitrogens with zero attached hydrogens (tertiary/aromatic N) is 1. The van der Waals surface area contributed by atoms with Gasteiger partial charge in [-0.2, -0.15) is 13.2 Å². The largest absolute Gasteiger partial charge is 0.405 e. The number of hydrogen-bond donors (Lipinski definition) is 1. The fourth-order valence-corrected chi connectivity index (χ4v) is 2.36. The van der Waals surface area contributed by atoms with Gasteiger partial charge in [0.05, 0.1) is 0 Å². The van der Waals surface area contributed by atoms with Gasteiger partial charge in [-0.15, -0.1) is 0 Å². The number of rotatable bonds is 6. The lowest BCUT2D eigenvalue weighted by molar-refractivity contribution is -0.120. The molecule has 0 unspecified atom stereocenters. The van der Waals surface area contributed by atoms with Gasteiger partial charge in [0.2, 0.25) is 0 Å². The van der Waals surface area contributed by atoms with Crippen LogP contribution in [0.2, 0.25) is 0 Å². The molecule has 6 heteroatoms. The molecule has 120 valence electrons. The number of benzene rings is 1. The molecule has 1 rings (SSSR count). The second-order valence-corrected chi connectivity index (χ2v) is 6.56. The van der Waals surface area contributed by atoms with Crippen LogP contribution < -0.4 is 10.2 Å². The average Bonchev–Trinajstić information content (AvgIpc) is 2.33. The van der Waals surface area contributed by atoms with Gasteiger partial charge in [-0.25, -0.2) is 0 Å². The molecule has 0 fully saturated rings. The van der Waals surface area contributed by atoms with Crippen LogP contribution in [0.25, 0.3) is 0 Å². The molecule has 0 aliphatic rings. The van der Waals surface area contributed by atoms with Crippen LogP contribution in [0.5, 0.6) is 0 Å². The van der Waals surface area contributed by atoms with Crippen molar-refractivity contribution in [2.45, 2.75) is 52.5 Å². The third-order valence-corrected chi connectivity index (χ3v) is 3.52. The van der Waals surface area contributed by atoms with Crippen LogP contribution in [-0.2, 0) is 6.54 Å². The predicted molar refractivity (Wildman–Crippen MR) is 84.7 cm³/mol. The summed E-state index contributed by atoms with van der Waals surface area (Å²) in [5.74, 6) is 0. The van der Waals surface area contributed by atoms with Crippen molar-refractivity contribution >= 4 is 21.6 Å². The Morgan fingerprint density at radius 3 is 2.29 bits per heavy atom. The van der Waals surface area contributed by atoms with Gasteiger partial charge in [-0.1, -0.05) is 35.8 Å². The van der Waals surface area contributed by atoms with Crippen LogP contribution in [0.1, 0.15) is 33.3 Å². The maximum absolute atomic E-state index is 12.8. The Labute approximate surface area is 132 Å². The van der Waals surface area contributed by atoms with Gasteiger partial charge in [0.25, 0.3) is 0 Å². The van der Waals surface area contributed by atoms with E-state index >= 15 is 0 Å². The maximum atomic E-state index is 12.8. The van der Waals surface area contributed by atoms with E-state index in [9.17, 15) is 13.2 Å². The molecular formula is C15H22BrF3N2. The highest BCUT2D eigenvalue weighted by Gasteiger charge is 2.32. The van der Waals surface area contributed by atoms with E-state index in [0.717, 1.165) is 10.0 Å². The molecule has 1 aromatic rings. The number of alkyl halides is 3. The summed E-state index contributed by atoms with van der Waals surface area (Å²) in [5, 5.41) is 3.26. The molecule has 0 saturated carbocycles. The zero-order valence-corrected chi connectivity index (χ0v) is 14.3. The summed E-state index contributed by atoms with van der Waals surface area (Å²) >= 11 is 3.35. The van der Waals surface area contributed by atoms with Crippen LogP contribution in [0.3, 0.4) is 0 Å². The van der Waals surface area contributed by atoms with E-state index in [1.807, 2.05) is 26.0 Å². The Kier molecular flexibility index (Phi) is 6.53. The Balaban J connectivity index is 3.12. The van der Waals surface area contributed by atoms with Crippen LogP contribution >= 0.6 is 15.9 Å². The fraction of sp³-hybridized carbons (Fsp3) is 0.600. The molecule has 0 amide bonds. The molecular weight excluding hydrogens is 345 g/mol. The summed E-state index contributed by atoms with van der Waals surface area (Å²) in [6.45, 7) is 7.15. The lowest BCUT2D eigenvalue weighted by Gasteiger charge is -2.32. The lowest BCUT2D eigenvalue weighted by atomic mass is 10.1. The molecule has 21 heavy (non-hydrogen) atoms. The number of halogens is 4. The van der Waals surface area contributed by atoms with Crippen molar-refractivity contribution in [1.82, 2.24) is 5.32 Å². The first-order valence-corrected chi connectivity index (χ1v) is 7.74. The first-order valence-electron chi connectivity index (χ1n) is 6.95. The molecule has 0 bridgehead atoms. The lowest BCUT2D eigenvalue weighted by Crippen LogP contribution is -2.40. The second kappa shape index (κ2) is 7.49. The van der Waals surface area contributed by atoms with Gasteiger partial charge in [0.1, 0.15) is 6.54 Å². The first kappa shape index (κ1) is 18.3. The Morgan fingerprint density at radius 2 is 1.81 bits per heavy atom. The van der Waals surface area contributed by atoms with E-state index in [1.165, 1.54) is 4.90 Å². The summed E-state index contributed by atoms with van der Waals surface area (Å²) in [4.78, 5) is 1.39.